The summed E-state index contributed by atoms with van der Waals surface area (Å²) in [6.07, 6.45) is 0. The van der Waals surface area contributed by atoms with Crippen molar-refractivity contribution >= 4 is 21.9 Å². The average molecular weight is 233 g/mol. The lowest BCUT2D eigenvalue weighted by molar-refractivity contribution is 0.0695. The number of carboxylic acids is 1. The normalized spacial score (nSPS) is 9.92. The zero-order valence-electron chi connectivity index (χ0n) is 6.27. The molecule has 0 bridgehead atoms. The van der Waals surface area contributed by atoms with E-state index in [1.165, 1.54) is 12.1 Å². The van der Waals surface area contributed by atoms with Crippen LogP contribution in [0.2, 0.25) is 0 Å². The fourth-order valence-corrected chi connectivity index (χ4v) is 1.43. The van der Waals surface area contributed by atoms with Gasteiger partial charge in [0.2, 0.25) is 0 Å². The quantitative estimate of drug-likeness (QED) is 0.809. The van der Waals surface area contributed by atoms with Gasteiger partial charge in [-0.25, -0.2) is 9.18 Å². The van der Waals surface area contributed by atoms with Gasteiger partial charge >= 0.3 is 5.97 Å². The maximum Gasteiger partial charge on any atom is 0.336 e. The van der Waals surface area contributed by atoms with Crippen molar-refractivity contribution in [3.05, 3.63) is 33.5 Å². The lowest BCUT2D eigenvalue weighted by Crippen LogP contribution is -2.00. The number of carboxylic acid groups (broad SMARTS) is 1. The number of benzene rings is 1. The minimum absolute atomic E-state index is 0.00926. The Morgan fingerprint density at radius 2 is 2.17 bits per heavy atom. The second-order valence-corrected chi connectivity index (χ2v) is 3.16. The molecule has 0 aromatic heterocycles. The highest BCUT2D eigenvalue weighted by Gasteiger charge is 2.13. The predicted molar refractivity (Wildman–Crippen MR) is 45.8 cm³/mol. The van der Waals surface area contributed by atoms with E-state index < -0.39 is 11.8 Å². The van der Waals surface area contributed by atoms with Gasteiger partial charge in [0.15, 0.2) is 0 Å². The molecule has 4 heteroatoms. The second-order valence-electron chi connectivity index (χ2n) is 2.36. The number of hydrogen-bond donors (Lipinski definition) is 1. The summed E-state index contributed by atoms with van der Waals surface area (Å²) < 4.78 is 13.1. The van der Waals surface area contributed by atoms with Gasteiger partial charge in [-0.1, -0.05) is 6.07 Å². The summed E-state index contributed by atoms with van der Waals surface area (Å²) >= 11 is 2.88. The van der Waals surface area contributed by atoms with E-state index >= 15 is 0 Å². The topological polar surface area (TPSA) is 37.3 Å². The van der Waals surface area contributed by atoms with E-state index in [1.54, 1.807) is 6.92 Å². The van der Waals surface area contributed by atoms with Crippen molar-refractivity contribution in [3.63, 3.8) is 0 Å². The Labute approximate surface area is 77.2 Å². The van der Waals surface area contributed by atoms with Gasteiger partial charge in [-0.3, -0.25) is 0 Å². The Morgan fingerprint density at radius 3 is 2.67 bits per heavy atom. The second kappa shape index (κ2) is 3.23. The van der Waals surface area contributed by atoms with Crippen LogP contribution in [0.5, 0.6) is 0 Å². The van der Waals surface area contributed by atoms with Crippen LogP contribution in [0.15, 0.2) is 16.6 Å². The number of aromatic carboxylic acids is 1. The van der Waals surface area contributed by atoms with Gasteiger partial charge < -0.3 is 5.11 Å². The van der Waals surface area contributed by atoms with Crippen molar-refractivity contribution in [2.45, 2.75) is 6.92 Å². The Morgan fingerprint density at radius 1 is 1.58 bits per heavy atom. The van der Waals surface area contributed by atoms with Gasteiger partial charge in [-0.05, 0) is 34.5 Å². The lowest BCUT2D eigenvalue weighted by atomic mass is 10.1. The number of hydrogen-bond acceptors (Lipinski definition) is 1. The Kier molecular flexibility index (Phi) is 2.47. The van der Waals surface area contributed by atoms with E-state index in [4.69, 9.17) is 5.11 Å². The molecule has 64 valence electrons. The third kappa shape index (κ3) is 1.48. The highest BCUT2D eigenvalue weighted by molar-refractivity contribution is 9.10. The van der Waals surface area contributed by atoms with E-state index in [9.17, 15) is 9.18 Å². The summed E-state index contributed by atoms with van der Waals surface area (Å²) in [4.78, 5) is 10.5. The van der Waals surface area contributed by atoms with Crippen molar-refractivity contribution < 1.29 is 14.3 Å². The monoisotopic (exact) mass is 232 g/mol. The highest BCUT2D eigenvalue weighted by atomic mass is 79.9. The van der Waals surface area contributed by atoms with Crippen LogP contribution < -0.4 is 0 Å². The molecule has 0 unspecified atom stereocenters. The minimum Gasteiger partial charge on any atom is -0.478 e. The van der Waals surface area contributed by atoms with Gasteiger partial charge in [-0.2, -0.15) is 0 Å². The fraction of sp³-hybridized carbons (Fsp3) is 0.125. The Hall–Kier alpha value is -0.900. The molecule has 1 aromatic carbocycles. The van der Waals surface area contributed by atoms with E-state index in [2.05, 4.69) is 15.9 Å². The molecular formula is C8H6BrFO2. The highest BCUT2D eigenvalue weighted by Crippen LogP contribution is 2.23. The average Bonchev–Trinajstić information content (AvgIpc) is 2.00. The number of rotatable bonds is 1. The number of aryl methyl sites for hydroxylation is 1. The van der Waals surface area contributed by atoms with Crippen LogP contribution in [0.25, 0.3) is 0 Å². The van der Waals surface area contributed by atoms with E-state index in [-0.39, 0.29) is 10.0 Å². The van der Waals surface area contributed by atoms with Crippen LogP contribution in [0, 0.1) is 12.7 Å². The molecule has 0 saturated heterocycles. The smallest absolute Gasteiger partial charge is 0.336 e. The summed E-state index contributed by atoms with van der Waals surface area (Å²) in [6, 6.07) is 2.80. The summed E-state index contributed by atoms with van der Waals surface area (Å²) in [5.41, 5.74) is 0.366. The molecule has 0 saturated carbocycles. The standard InChI is InChI=1S/C8H6BrFO2/c1-4-2-3-5(8(11)12)6(9)7(4)10/h2-3H,1H3,(H,11,12). The predicted octanol–water partition coefficient (Wildman–Crippen LogP) is 2.59. The molecule has 0 radical (unpaired) electrons. The van der Waals surface area contributed by atoms with Crippen molar-refractivity contribution in [1.29, 1.82) is 0 Å². The van der Waals surface area contributed by atoms with Gasteiger partial charge in [0.1, 0.15) is 5.82 Å². The molecule has 0 aliphatic carbocycles. The van der Waals surface area contributed by atoms with Crippen molar-refractivity contribution in [2.24, 2.45) is 0 Å². The van der Waals surface area contributed by atoms with Gasteiger partial charge in [0.05, 0.1) is 10.0 Å². The van der Waals surface area contributed by atoms with E-state index in [0.29, 0.717) is 5.56 Å². The van der Waals surface area contributed by atoms with Crippen molar-refractivity contribution in [2.75, 3.05) is 0 Å². The van der Waals surface area contributed by atoms with Gasteiger partial charge in [-0.15, -0.1) is 0 Å². The fourth-order valence-electron chi connectivity index (χ4n) is 0.811. The molecule has 1 rings (SSSR count). The van der Waals surface area contributed by atoms with Crippen LogP contribution in [0.1, 0.15) is 15.9 Å². The van der Waals surface area contributed by atoms with Crippen LogP contribution in [-0.2, 0) is 0 Å². The molecule has 0 amide bonds. The van der Waals surface area contributed by atoms with Crippen LogP contribution in [0.3, 0.4) is 0 Å². The SMILES string of the molecule is Cc1ccc(C(=O)O)c(Br)c1F. The Balaban J connectivity index is 3.36. The molecule has 1 aromatic rings. The zero-order valence-corrected chi connectivity index (χ0v) is 7.85. The largest absolute Gasteiger partial charge is 0.478 e. The third-order valence-electron chi connectivity index (χ3n) is 1.51. The maximum atomic E-state index is 13.0. The van der Waals surface area contributed by atoms with Crippen molar-refractivity contribution in [1.82, 2.24) is 0 Å². The summed E-state index contributed by atoms with van der Waals surface area (Å²) in [5.74, 6) is -1.66. The molecule has 1 N–H and O–H groups in total. The summed E-state index contributed by atoms with van der Waals surface area (Å²) in [7, 11) is 0. The number of carbonyl (C=O) groups is 1. The molecule has 0 aliphatic heterocycles. The van der Waals surface area contributed by atoms with Crippen LogP contribution in [0.4, 0.5) is 4.39 Å². The minimum atomic E-state index is -1.14. The molecular weight excluding hydrogens is 227 g/mol. The molecule has 0 atom stereocenters. The summed E-state index contributed by atoms with van der Waals surface area (Å²) in [6.45, 7) is 1.58. The van der Waals surface area contributed by atoms with Gasteiger partial charge in [0, 0.05) is 0 Å². The first kappa shape index (κ1) is 9.19. The summed E-state index contributed by atoms with van der Waals surface area (Å²) in [5, 5.41) is 8.58. The molecule has 0 aliphatic rings. The van der Waals surface area contributed by atoms with Crippen LogP contribution >= 0.6 is 15.9 Å². The maximum absolute atomic E-state index is 13.0. The van der Waals surface area contributed by atoms with E-state index in [1.807, 2.05) is 0 Å². The van der Waals surface area contributed by atoms with Crippen LogP contribution in [-0.4, -0.2) is 11.1 Å². The molecule has 12 heavy (non-hydrogen) atoms. The third-order valence-corrected chi connectivity index (χ3v) is 2.28. The molecule has 2 nitrogen and oxygen atoms in total. The molecule has 0 heterocycles. The molecule has 0 spiro atoms. The lowest BCUT2D eigenvalue weighted by Gasteiger charge is -2.02. The first-order valence-electron chi connectivity index (χ1n) is 3.22. The van der Waals surface area contributed by atoms with Crippen molar-refractivity contribution in [3.8, 4) is 0 Å². The van der Waals surface area contributed by atoms with E-state index in [0.717, 1.165) is 0 Å². The first-order valence-corrected chi connectivity index (χ1v) is 4.01. The van der Waals surface area contributed by atoms with Gasteiger partial charge in [0.25, 0.3) is 0 Å². The first-order chi connectivity index (χ1) is 5.54. The Bertz CT molecular complexity index is 336. The zero-order chi connectivity index (χ0) is 9.30. The number of halogens is 2. The molecule has 0 fully saturated rings.